The van der Waals surface area contributed by atoms with Gasteiger partial charge in [0.05, 0.1) is 49.7 Å². The van der Waals surface area contributed by atoms with Crippen molar-refractivity contribution in [3.05, 3.63) is 164 Å². The third kappa shape index (κ3) is 3.54. The van der Waals surface area contributed by atoms with E-state index in [9.17, 15) is 0 Å². The van der Waals surface area contributed by atoms with Crippen LogP contribution in [0.2, 0.25) is 0 Å². The first-order valence-electron chi connectivity index (χ1n) is 17.4. The standard InChI is InChI=1S/C46H27N5/c1-2-13-29(14-3-1)49-39-19-9-5-15-31(39)33-23-24-34-32-16-6-10-20-40(32)50(45(34)44(33)49)30-22-25-41-35(27-30)43-36(26-28-12-4-7-17-37(28)47-43)46-48-38-18-8-11-21-42(38)51(41)46/h1-27H. The predicted octanol–water partition coefficient (Wildman–Crippen LogP) is 11.5. The molecule has 12 rings (SSSR count). The fourth-order valence-electron chi connectivity index (χ4n) is 8.60. The van der Waals surface area contributed by atoms with Crippen LogP contribution in [0.15, 0.2) is 164 Å². The van der Waals surface area contributed by atoms with Gasteiger partial charge in [0.25, 0.3) is 0 Å². The fourth-order valence-corrected chi connectivity index (χ4v) is 8.60. The molecular formula is C46H27N5. The molecule has 0 N–H and O–H groups in total. The maximum Gasteiger partial charge on any atom is 0.147 e. The number of imidazole rings is 1. The van der Waals surface area contributed by atoms with E-state index in [-0.39, 0.29) is 0 Å². The molecule has 0 amide bonds. The zero-order valence-corrected chi connectivity index (χ0v) is 27.3. The molecule has 5 aromatic heterocycles. The van der Waals surface area contributed by atoms with Gasteiger partial charge in [-0.1, -0.05) is 97.1 Å². The minimum atomic E-state index is 0.927. The van der Waals surface area contributed by atoms with Crippen LogP contribution in [0.25, 0.3) is 104 Å². The highest BCUT2D eigenvalue weighted by atomic mass is 15.1. The average Bonchev–Trinajstić information content (AvgIpc) is 3.86. The molecule has 0 spiro atoms. The molecule has 0 fully saturated rings. The predicted molar refractivity (Wildman–Crippen MR) is 212 cm³/mol. The molecule has 5 heteroatoms. The number of nitrogens with zero attached hydrogens (tertiary/aromatic N) is 5. The Kier molecular flexibility index (Phi) is 5.17. The Bertz CT molecular complexity index is 3420. The normalized spacial score (nSPS) is 12.3. The maximum atomic E-state index is 5.34. The Morgan fingerprint density at radius 2 is 0.961 bits per heavy atom. The maximum absolute atomic E-state index is 5.34. The number of rotatable bonds is 2. The molecule has 51 heavy (non-hydrogen) atoms. The average molecular weight is 650 g/mol. The van der Waals surface area contributed by atoms with Crippen molar-refractivity contribution in [2.75, 3.05) is 0 Å². The van der Waals surface area contributed by atoms with Gasteiger partial charge in [-0.2, -0.15) is 0 Å². The van der Waals surface area contributed by atoms with Crippen LogP contribution >= 0.6 is 0 Å². The topological polar surface area (TPSA) is 40.0 Å². The van der Waals surface area contributed by atoms with Crippen molar-refractivity contribution < 1.29 is 0 Å². The van der Waals surface area contributed by atoms with E-state index in [2.05, 4.69) is 177 Å². The van der Waals surface area contributed by atoms with E-state index < -0.39 is 0 Å². The summed E-state index contributed by atoms with van der Waals surface area (Å²) < 4.78 is 7.21. The first kappa shape index (κ1) is 26.9. The van der Waals surface area contributed by atoms with Crippen molar-refractivity contribution in [2.24, 2.45) is 0 Å². The lowest BCUT2D eigenvalue weighted by molar-refractivity contribution is 1.15. The minimum Gasteiger partial charge on any atom is -0.307 e. The first-order valence-corrected chi connectivity index (χ1v) is 17.4. The highest BCUT2D eigenvalue weighted by molar-refractivity contribution is 6.24. The van der Waals surface area contributed by atoms with Crippen LogP contribution in [-0.2, 0) is 0 Å². The minimum absolute atomic E-state index is 0.927. The third-order valence-electron chi connectivity index (χ3n) is 10.7. The Balaban J connectivity index is 1.29. The van der Waals surface area contributed by atoms with Gasteiger partial charge in [0.15, 0.2) is 0 Å². The van der Waals surface area contributed by atoms with Gasteiger partial charge in [-0.05, 0) is 66.7 Å². The number of hydrogen-bond acceptors (Lipinski definition) is 2. The van der Waals surface area contributed by atoms with Gasteiger partial charge in [-0.25, -0.2) is 9.97 Å². The smallest absolute Gasteiger partial charge is 0.147 e. The number of hydrogen-bond donors (Lipinski definition) is 0. The Morgan fingerprint density at radius 3 is 1.71 bits per heavy atom. The molecule has 0 atom stereocenters. The van der Waals surface area contributed by atoms with Crippen molar-refractivity contribution in [1.82, 2.24) is 23.5 Å². The van der Waals surface area contributed by atoms with Crippen LogP contribution < -0.4 is 0 Å². The molecule has 0 saturated heterocycles. The molecule has 5 heterocycles. The summed E-state index contributed by atoms with van der Waals surface area (Å²) in [4.78, 5) is 10.5. The van der Waals surface area contributed by atoms with Gasteiger partial charge in [0.1, 0.15) is 5.65 Å². The molecule has 0 unspecified atom stereocenters. The van der Waals surface area contributed by atoms with E-state index in [1.807, 2.05) is 0 Å². The van der Waals surface area contributed by atoms with E-state index >= 15 is 0 Å². The fraction of sp³-hybridized carbons (Fsp3) is 0. The lowest BCUT2D eigenvalue weighted by Gasteiger charge is -2.15. The summed E-state index contributed by atoms with van der Waals surface area (Å²) in [5.41, 5.74) is 13.0. The molecule has 236 valence electrons. The van der Waals surface area contributed by atoms with E-state index in [0.717, 1.165) is 60.8 Å². The highest BCUT2D eigenvalue weighted by Gasteiger charge is 2.22. The molecule has 0 bridgehead atoms. The first-order chi connectivity index (χ1) is 25.3. The van der Waals surface area contributed by atoms with Crippen LogP contribution in [0.3, 0.4) is 0 Å². The van der Waals surface area contributed by atoms with Crippen LogP contribution in [0.4, 0.5) is 0 Å². The summed E-state index contributed by atoms with van der Waals surface area (Å²) in [5, 5.41) is 8.16. The molecule has 0 aliphatic rings. The molecule has 0 saturated carbocycles. The molecule has 0 aliphatic carbocycles. The molecule has 7 aromatic carbocycles. The summed E-state index contributed by atoms with van der Waals surface area (Å²) in [5.74, 6) is 0. The van der Waals surface area contributed by atoms with Crippen molar-refractivity contribution in [2.45, 2.75) is 0 Å². The van der Waals surface area contributed by atoms with Gasteiger partial charge < -0.3 is 9.13 Å². The number of pyridine rings is 2. The van der Waals surface area contributed by atoms with E-state index in [0.29, 0.717) is 0 Å². The Hall–Kier alpha value is -6.98. The Morgan fingerprint density at radius 1 is 0.353 bits per heavy atom. The molecule has 5 nitrogen and oxygen atoms in total. The molecule has 12 aromatic rings. The summed E-state index contributed by atoms with van der Waals surface area (Å²) in [6.45, 7) is 0. The second kappa shape index (κ2) is 9.80. The molecule has 0 radical (unpaired) electrons. The van der Waals surface area contributed by atoms with Crippen LogP contribution in [-0.4, -0.2) is 23.5 Å². The zero-order valence-electron chi connectivity index (χ0n) is 27.3. The van der Waals surface area contributed by atoms with Crippen molar-refractivity contribution in [3.8, 4) is 11.4 Å². The molecule has 0 aliphatic heterocycles. The third-order valence-corrected chi connectivity index (χ3v) is 10.7. The van der Waals surface area contributed by atoms with Crippen molar-refractivity contribution in [1.29, 1.82) is 0 Å². The van der Waals surface area contributed by atoms with Gasteiger partial charge >= 0.3 is 0 Å². The summed E-state index contributed by atoms with van der Waals surface area (Å²) in [6.07, 6.45) is 0. The number of para-hydroxylation sites is 6. The van der Waals surface area contributed by atoms with Gasteiger partial charge in [0, 0.05) is 49.1 Å². The van der Waals surface area contributed by atoms with Gasteiger partial charge in [-0.15, -0.1) is 0 Å². The zero-order chi connectivity index (χ0) is 33.2. The molecular weight excluding hydrogens is 623 g/mol. The summed E-state index contributed by atoms with van der Waals surface area (Å²) >= 11 is 0. The highest BCUT2D eigenvalue weighted by Crippen LogP contribution is 2.42. The Labute approximate surface area is 290 Å². The van der Waals surface area contributed by atoms with Crippen LogP contribution in [0, 0.1) is 0 Å². The summed E-state index contributed by atoms with van der Waals surface area (Å²) in [6, 6.07) is 58.8. The van der Waals surface area contributed by atoms with Crippen LogP contribution in [0.1, 0.15) is 0 Å². The number of fused-ring (bicyclic) bond motifs is 16. The number of benzene rings is 7. The quantitative estimate of drug-likeness (QED) is 0.138. The van der Waals surface area contributed by atoms with E-state index in [4.69, 9.17) is 9.97 Å². The van der Waals surface area contributed by atoms with E-state index in [1.165, 1.54) is 43.6 Å². The van der Waals surface area contributed by atoms with Crippen molar-refractivity contribution >= 4 is 93.0 Å². The second-order valence-corrected chi connectivity index (χ2v) is 13.4. The van der Waals surface area contributed by atoms with Gasteiger partial charge in [0.2, 0.25) is 0 Å². The van der Waals surface area contributed by atoms with Crippen molar-refractivity contribution in [3.63, 3.8) is 0 Å². The number of aromatic nitrogens is 5. The SMILES string of the molecule is c1ccc(-n2c3ccccc3c3ccc4c5ccccc5n(-c5ccc6c(c5)c5nc7ccccc7cc5c5nc7ccccc7n65)c4c32)cc1. The summed E-state index contributed by atoms with van der Waals surface area (Å²) in [7, 11) is 0. The monoisotopic (exact) mass is 649 g/mol. The lowest BCUT2D eigenvalue weighted by atomic mass is 10.1. The van der Waals surface area contributed by atoms with E-state index in [1.54, 1.807) is 0 Å². The second-order valence-electron chi connectivity index (χ2n) is 13.4. The van der Waals surface area contributed by atoms with Gasteiger partial charge in [-0.3, -0.25) is 4.40 Å². The largest absolute Gasteiger partial charge is 0.307 e. The van der Waals surface area contributed by atoms with Crippen LogP contribution in [0.5, 0.6) is 0 Å². The lowest BCUT2D eigenvalue weighted by Crippen LogP contribution is -2.00.